The summed E-state index contributed by atoms with van der Waals surface area (Å²) < 4.78 is 0. The summed E-state index contributed by atoms with van der Waals surface area (Å²) in [6, 6.07) is 1.03. The summed E-state index contributed by atoms with van der Waals surface area (Å²) >= 11 is 0. The number of hydrogen-bond donors (Lipinski definition) is 2. The number of hydrogen-bond acceptors (Lipinski definition) is 3. The van der Waals surface area contributed by atoms with Gasteiger partial charge < -0.3 is 15.7 Å². The first-order valence-electron chi connectivity index (χ1n) is 6.81. The van der Waals surface area contributed by atoms with Crippen molar-refractivity contribution in [2.75, 3.05) is 13.7 Å². The molecule has 0 aromatic heterocycles. The molecule has 3 heteroatoms. The molecule has 17 heavy (non-hydrogen) atoms. The smallest absolute Gasteiger partial charge is 0.0611 e. The van der Waals surface area contributed by atoms with Crippen LogP contribution in [0.2, 0.25) is 0 Å². The Hall–Kier alpha value is -0.120. The van der Waals surface area contributed by atoms with Crippen LogP contribution in [0.25, 0.3) is 0 Å². The van der Waals surface area contributed by atoms with Crippen molar-refractivity contribution in [1.29, 1.82) is 0 Å². The minimum absolute atomic E-state index is 0.112. The van der Waals surface area contributed by atoms with E-state index in [4.69, 9.17) is 5.73 Å². The Morgan fingerprint density at radius 1 is 1.47 bits per heavy atom. The molecule has 102 valence electrons. The van der Waals surface area contributed by atoms with Gasteiger partial charge in [-0.1, -0.05) is 20.8 Å². The normalized spacial score (nSPS) is 32.8. The number of nitrogens with two attached hydrogens (primary N) is 1. The number of aliphatic hydroxyl groups is 1. The zero-order valence-electron chi connectivity index (χ0n) is 12.2. The fourth-order valence-electron chi connectivity index (χ4n) is 2.78. The Kier molecular flexibility index (Phi) is 4.61. The molecular weight excluding hydrogens is 212 g/mol. The zero-order valence-corrected chi connectivity index (χ0v) is 12.2. The van der Waals surface area contributed by atoms with Gasteiger partial charge in [-0.2, -0.15) is 0 Å². The highest BCUT2D eigenvalue weighted by Gasteiger charge is 2.36. The lowest BCUT2D eigenvalue weighted by Gasteiger charge is -2.45. The van der Waals surface area contributed by atoms with Gasteiger partial charge in [0.15, 0.2) is 0 Å². The van der Waals surface area contributed by atoms with E-state index in [1.54, 1.807) is 0 Å². The Bertz CT molecular complexity index is 249. The van der Waals surface area contributed by atoms with E-state index < -0.39 is 0 Å². The second-order valence-electron chi connectivity index (χ2n) is 6.98. The maximum absolute atomic E-state index is 9.40. The Balaban J connectivity index is 2.67. The fraction of sp³-hybridized carbons (Fsp3) is 1.00. The van der Waals surface area contributed by atoms with E-state index in [1.807, 2.05) is 0 Å². The van der Waals surface area contributed by atoms with Crippen molar-refractivity contribution >= 4 is 0 Å². The van der Waals surface area contributed by atoms with E-state index in [-0.39, 0.29) is 17.6 Å². The van der Waals surface area contributed by atoms with Crippen LogP contribution in [0.3, 0.4) is 0 Å². The van der Waals surface area contributed by atoms with E-state index in [0.717, 1.165) is 19.3 Å². The lowest BCUT2D eigenvalue weighted by atomic mass is 9.78. The molecule has 0 heterocycles. The van der Waals surface area contributed by atoms with E-state index in [0.29, 0.717) is 12.1 Å². The van der Waals surface area contributed by atoms with E-state index in [9.17, 15) is 5.11 Å². The van der Waals surface area contributed by atoms with Crippen LogP contribution < -0.4 is 5.73 Å². The van der Waals surface area contributed by atoms with Crippen LogP contribution in [0, 0.1) is 5.41 Å². The molecule has 1 rings (SSSR count). The van der Waals surface area contributed by atoms with Crippen molar-refractivity contribution in [3.05, 3.63) is 0 Å². The molecule has 0 aliphatic heterocycles. The summed E-state index contributed by atoms with van der Waals surface area (Å²) in [5, 5.41) is 9.40. The number of rotatable bonds is 3. The molecular formula is C14H30N2O. The average molecular weight is 242 g/mol. The number of nitrogens with zero attached hydrogens (tertiary/aromatic N) is 1. The molecule has 0 aromatic rings. The van der Waals surface area contributed by atoms with Crippen LogP contribution >= 0.6 is 0 Å². The summed E-state index contributed by atoms with van der Waals surface area (Å²) in [4.78, 5) is 2.45. The number of aliphatic hydroxyl groups excluding tert-OH is 1. The van der Waals surface area contributed by atoms with Crippen molar-refractivity contribution in [1.82, 2.24) is 4.90 Å². The molecule has 1 saturated carbocycles. The van der Waals surface area contributed by atoms with Gasteiger partial charge in [-0.3, -0.25) is 0 Å². The zero-order chi connectivity index (χ0) is 13.3. The Labute approximate surface area is 106 Å². The topological polar surface area (TPSA) is 49.5 Å². The van der Waals surface area contributed by atoms with Crippen LogP contribution in [0.4, 0.5) is 0 Å². The first kappa shape index (κ1) is 14.9. The van der Waals surface area contributed by atoms with Crippen molar-refractivity contribution in [2.45, 2.75) is 71.0 Å². The second-order valence-corrected chi connectivity index (χ2v) is 6.98. The van der Waals surface area contributed by atoms with Gasteiger partial charge in [0.2, 0.25) is 0 Å². The molecule has 1 fully saturated rings. The van der Waals surface area contributed by atoms with Crippen LogP contribution in [0.15, 0.2) is 0 Å². The molecule has 3 N–H and O–H groups in total. The fourth-order valence-corrected chi connectivity index (χ4v) is 2.78. The summed E-state index contributed by atoms with van der Waals surface area (Å²) in [5.41, 5.74) is 6.15. The van der Waals surface area contributed by atoms with Gasteiger partial charge in [-0.15, -0.1) is 0 Å². The van der Waals surface area contributed by atoms with E-state index in [1.165, 1.54) is 6.42 Å². The van der Waals surface area contributed by atoms with Gasteiger partial charge >= 0.3 is 0 Å². The van der Waals surface area contributed by atoms with Crippen molar-refractivity contribution in [3.63, 3.8) is 0 Å². The standard InChI is InChI=1S/C14H30N2O/c1-11(13(2,3)4)16(5)12-7-6-8-14(15,9-12)10-17/h11-12,17H,6-10,15H2,1-5H3. The lowest BCUT2D eigenvalue weighted by molar-refractivity contribution is 0.0426. The maximum atomic E-state index is 9.40. The Morgan fingerprint density at radius 2 is 2.06 bits per heavy atom. The van der Waals surface area contributed by atoms with Crippen molar-refractivity contribution in [3.8, 4) is 0 Å². The van der Waals surface area contributed by atoms with Crippen molar-refractivity contribution < 1.29 is 5.11 Å². The molecule has 3 nitrogen and oxygen atoms in total. The molecule has 0 bridgehead atoms. The molecule has 1 aliphatic rings. The van der Waals surface area contributed by atoms with Crippen LogP contribution in [-0.2, 0) is 0 Å². The first-order chi connectivity index (χ1) is 7.69. The summed E-state index contributed by atoms with van der Waals surface area (Å²) in [6.45, 7) is 9.23. The third kappa shape index (κ3) is 3.67. The highest BCUT2D eigenvalue weighted by molar-refractivity contribution is 4.95. The van der Waals surface area contributed by atoms with Crippen LogP contribution in [-0.4, -0.2) is 41.3 Å². The molecule has 0 amide bonds. The second kappa shape index (κ2) is 5.25. The largest absolute Gasteiger partial charge is 0.394 e. The van der Waals surface area contributed by atoms with Gasteiger partial charge in [0.1, 0.15) is 0 Å². The highest BCUT2D eigenvalue weighted by atomic mass is 16.3. The molecule has 0 radical (unpaired) electrons. The van der Waals surface area contributed by atoms with Crippen molar-refractivity contribution in [2.24, 2.45) is 11.1 Å². The minimum atomic E-state index is -0.352. The van der Waals surface area contributed by atoms with Crippen LogP contribution in [0.5, 0.6) is 0 Å². The molecule has 0 saturated heterocycles. The van der Waals surface area contributed by atoms with Crippen LogP contribution in [0.1, 0.15) is 53.4 Å². The van der Waals surface area contributed by atoms with Gasteiger partial charge in [0, 0.05) is 17.6 Å². The van der Waals surface area contributed by atoms with E-state index in [2.05, 4.69) is 39.6 Å². The molecule has 0 aromatic carbocycles. The quantitative estimate of drug-likeness (QED) is 0.795. The lowest BCUT2D eigenvalue weighted by Crippen LogP contribution is -2.55. The summed E-state index contributed by atoms with van der Waals surface area (Å²) in [7, 11) is 2.20. The average Bonchev–Trinajstić information content (AvgIpc) is 2.26. The third-order valence-corrected chi connectivity index (χ3v) is 4.61. The van der Waals surface area contributed by atoms with Gasteiger partial charge in [-0.05, 0) is 45.1 Å². The minimum Gasteiger partial charge on any atom is -0.394 e. The summed E-state index contributed by atoms with van der Waals surface area (Å²) in [6.07, 6.45) is 4.21. The predicted molar refractivity (Wildman–Crippen MR) is 72.9 cm³/mol. The predicted octanol–water partition coefficient (Wildman–Crippen LogP) is 1.99. The summed E-state index contributed by atoms with van der Waals surface area (Å²) in [5.74, 6) is 0. The SMILES string of the molecule is CC(N(C)C1CCCC(N)(CO)C1)C(C)(C)C. The Morgan fingerprint density at radius 3 is 2.53 bits per heavy atom. The third-order valence-electron chi connectivity index (χ3n) is 4.61. The van der Waals surface area contributed by atoms with Gasteiger partial charge in [-0.25, -0.2) is 0 Å². The maximum Gasteiger partial charge on any atom is 0.0611 e. The highest BCUT2D eigenvalue weighted by Crippen LogP contribution is 2.32. The van der Waals surface area contributed by atoms with E-state index >= 15 is 0 Å². The van der Waals surface area contributed by atoms with Gasteiger partial charge in [0.25, 0.3) is 0 Å². The molecule has 0 spiro atoms. The van der Waals surface area contributed by atoms with Gasteiger partial charge in [0.05, 0.1) is 6.61 Å². The first-order valence-corrected chi connectivity index (χ1v) is 6.81. The molecule has 1 aliphatic carbocycles. The molecule has 3 unspecified atom stereocenters. The molecule has 3 atom stereocenters. The monoisotopic (exact) mass is 242 g/mol.